The van der Waals surface area contributed by atoms with Gasteiger partial charge in [0.25, 0.3) is 5.91 Å². The molecular weight excluding hydrogens is 582 g/mol. The number of hydrogen-bond donors (Lipinski definition) is 4. The number of primary amides is 1. The van der Waals surface area contributed by atoms with Gasteiger partial charge in [0.1, 0.15) is 17.0 Å². The number of hydrogen-bond acceptors (Lipinski definition) is 5. The van der Waals surface area contributed by atoms with E-state index in [4.69, 9.17) is 33.7 Å². The van der Waals surface area contributed by atoms with E-state index in [2.05, 4.69) is 16.0 Å². The third-order valence-corrected chi connectivity index (χ3v) is 8.48. The van der Waals surface area contributed by atoms with Crippen molar-refractivity contribution >= 4 is 52.3 Å². The molecule has 3 aromatic carbocycles. The number of ether oxygens (including phenoxy) is 1. The van der Waals surface area contributed by atoms with E-state index in [0.29, 0.717) is 28.4 Å². The maximum atomic E-state index is 15.9. The van der Waals surface area contributed by atoms with Gasteiger partial charge in [-0.3, -0.25) is 14.4 Å². The number of amides is 3. The minimum Gasteiger partial charge on any atom is -0.496 e. The van der Waals surface area contributed by atoms with Gasteiger partial charge >= 0.3 is 0 Å². The van der Waals surface area contributed by atoms with Crippen molar-refractivity contribution in [3.05, 3.63) is 87.2 Å². The summed E-state index contributed by atoms with van der Waals surface area (Å²) in [5.74, 6) is -3.09. The second-order valence-electron chi connectivity index (χ2n) is 11.9. The van der Waals surface area contributed by atoms with Crippen molar-refractivity contribution in [2.75, 3.05) is 17.7 Å². The Kier molecular flexibility index (Phi) is 7.72. The number of carbonyl (C=O) groups excluding carboxylic acids is 3. The molecule has 0 aromatic heterocycles. The smallest absolute Gasteiger partial charge is 0.252 e. The first-order valence-electron chi connectivity index (χ1n) is 13.4. The van der Waals surface area contributed by atoms with E-state index >= 15 is 4.39 Å². The molecule has 2 aliphatic rings. The van der Waals surface area contributed by atoms with Gasteiger partial charge in [-0.05, 0) is 53.3 Å². The van der Waals surface area contributed by atoms with E-state index in [1.165, 1.54) is 31.4 Å². The average Bonchev–Trinajstić information content (AvgIpc) is 3.38. The molecular formula is C31H31Cl2FN4O4. The first-order valence-corrected chi connectivity index (χ1v) is 14.1. The average molecular weight is 614 g/mol. The summed E-state index contributed by atoms with van der Waals surface area (Å²) < 4.78 is 21.2. The summed E-state index contributed by atoms with van der Waals surface area (Å²) >= 11 is 12.5. The summed E-state index contributed by atoms with van der Waals surface area (Å²) in [4.78, 5) is 40.1. The van der Waals surface area contributed by atoms with Crippen LogP contribution in [0.5, 0.6) is 5.75 Å². The molecule has 3 amide bonds. The highest BCUT2D eigenvalue weighted by Crippen LogP contribution is 2.57. The summed E-state index contributed by atoms with van der Waals surface area (Å²) in [5, 5.41) is 9.53. The Morgan fingerprint density at radius 2 is 1.86 bits per heavy atom. The van der Waals surface area contributed by atoms with Crippen molar-refractivity contribution in [1.29, 1.82) is 0 Å². The monoisotopic (exact) mass is 612 g/mol. The van der Waals surface area contributed by atoms with Crippen molar-refractivity contribution < 1.29 is 23.5 Å². The second kappa shape index (κ2) is 10.9. The minimum absolute atomic E-state index is 0.123. The highest BCUT2D eigenvalue weighted by atomic mass is 35.5. The first-order chi connectivity index (χ1) is 19.8. The number of benzene rings is 3. The fourth-order valence-electron chi connectivity index (χ4n) is 6.34. The van der Waals surface area contributed by atoms with Crippen LogP contribution in [0, 0.1) is 11.2 Å². The molecule has 5 N–H and O–H groups in total. The minimum atomic E-state index is -1.38. The molecule has 2 heterocycles. The van der Waals surface area contributed by atoms with Gasteiger partial charge in [-0.2, -0.15) is 0 Å². The largest absolute Gasteiger partial charge is 0.496 e. The van der Waals surface area contributed by atoms with Crippen molar-refractivity contribution in [2.24, 2.45) is 11.1 Å². The lowest BCUT2D eigenvalue weighted by Gasteiger charge is -2.37. The van der Waals surface area contributed by atoms with Crippen LogP contribution in [0.1, 0.15) is 54.6 Å². The maximum absolute atomic E-state index is 15.9. The highest BCUT2D eigenvalue weighted by molar-refractivity contribution is 6.31. The van der Waals surface area contributed by atoms with Crippen LogP contribution in [-0.2, 0) is 15.0 Å². The van der Waals surface area contributed by atoms with Crippen LogP contribution in [0.15, 0.2) is 54.6 Å². The van der Waals surface area contributed by atoms with E-state index in [9.17, 15) is 14.4 Å². The number of nitrogens with one attached hydrogen (secondary N) is 3. The quantitative estimate of drug-likeness (QED) is 0.287. The van der Waals surface area contributed by atoms with Crippen LogP contribution in [0.3, 0.4) is 0 Å². The van der Waals surface area contributed by atoms with E-state index in [1.54, 1.807) is 30.3 Å². The zero-order valence-electron chi connectivity index (χ0n) is 23.5. The molecule has 42 heavy (non-hydrogen) atoms. The molecule has 1 fully saturated rings. The van der Waals surface area contributed by atoms with Gasteiger partial charge < -0.3 is 26.4 Å². The predicted molar refractivity (Wildman–Crippen MR) is 161 cm³/mol. The molecule has 0 aliphatic carbocycles. The number of methoxy groups -OCH3 is 1. The third kappa shape index (κ3) is 4.99. The van der Waals surface area contributed by atoms with E-state index in [1.807, 2.05) is 20.8 Å². The Balaban J connectivity index is 1.69. The van der Waals surface area contributed by atoms with Gasteiger partial charge in [-0.1, -0.05) is 62.2 Å². The van der Waals surface area contributed by atoms with Crippen LogP contribution >= 0.6 is 23.2 Å². The number of fused-ring (bicyclic) bond motifs is 2. The standard InChI is InChI=1S/C31H31Cl2FN4O4/c1-30(2,3)14-23-31(19-11-8-15(32)12-21(19)37-29(31)41)24(18-6-5-7-20(33)25(18)34)26(38-23)28(40)36-16-9-10-17(27(35)39)22(13-16)42-4/h5-13,23-24,26,38H,14H2,1-4H3,(H2,35,39)(H,36,40)(H,37,41). The lowest BCUT2D eigenvalue weighted by molar-refractivity contribution is -0.122. The number of rotatable bonds is 6. The molecule has 4 atom stereocenters. The Labute approximate surface area is 253 Å². The normalized spacial score (nSPS) is 23.0. The predicted octanol–water partition coefficient (Wildman–Crippen LogP) is 5.63. The van der Waals surface area contributed by atoms with Gasteiger partial charge in [0.05, 0.1) is 23.7 Å². The van der Waals surface area contributed by atoms with Crippen molar-refractivity contribution in [1.82, 2.24) is 5.32 Å². The molecule has 11 heteroatoms. The topological polar surface area (TPSA) is 123 Å². The molecule has 5 rings (SSSR count). The summed E-state index contributed by atoms with van der Waals surface area (Å²) in [6, 6.07) is 12.5. The second-order valence-corrected chi connectivity index (χ2v) is 12.7. The third-order valence-electron chi connectivity index (χ3n) is 7.96. The summed E-state index contributed by atoms with van der Waals surface area (Å²) in [5.41, 5.74) is 5.50. The Hall–Kier alpha value is -3.66. The summed E-state index contributed by atoms with van der Waals surface area (Å²) in [6.07, 6.45) is 0.478. The SMILES string of the molecule is COc1cc(NC(=O)C2NC(CC(C)(C)C)C3(C(=O)Nc4cc(Cl)ccc43)C2c2cccc(Cl)c2F)ccc1C(N)=O. The molecule has 4 unspecified atom stereocenters. The van der Waals surface area contributed by atoms with E-state index in [0.717, 1.165) is 0 Å². The van der Waals surface area contributed by atoms with Gasteiger partial charge in [0.15, 0.2) is 0 Å². The summed E-state index contributed by atoms with van der Waals surface area (Å²) in [6.45, 7) is 6.10. The fourth-order valence-corrected chi connectivity index (χ4v) is 6.70. The molecule has 3 aromatic rings. The van der Waals surface area contributed by atoms with Gasteiger partial charge in [0, 0.05) is 34.4 Å². The highest BCUT2D eigenvalue weighted by Gasteiger charge is 2.66. The number of halogens is 3. The van der Waals surface area contributed by atoms with Gasteiger partial charge in [-0.15, -0.1) is 0 Å². The molecule has 0 bridgehead atoms. The zero-order chi connectivity index (χ0) is 30.6. The Morgan fingerprint density at radius 1 is 1.12 bits per heavy atom. The van der Waals surface area contributed by atoms with Crippen LogP contribution in [0.25, 0.3) is 0 Å². The lowest BCUT2D eigenvalue weighted by atomic mass is 9.62. The summed E-state index contributed by atoms with van der Waals surface area (Å²) in [7, 11) is 1.38. The van der Waals surface area contributed by atoms with Crippen molar-refractivity contribution in [2.45, 2.75) is 50.6 Å². The Morgan fingerprint density at radius 3 is 2.52 bits per heavy atom. The fraction of sp³-hybridized carbons (Fsp3) is 0.323. The van der Waals surface area contributed by atoms with E-state index in [-0.39, 0.29) is 33.2 Å². The molecule has 220 valence electrons. The molecule has 1 spiro atoms. The lowest BCUT2D eigenvalue weighted by Crippen LogP contribution is -2.49. The van der Waals surface area contributed by atoms with Crippen LogP contribution < -0.4 is 26.4 Å². The van der Waals surface area contributed by atoms with Crippen LogP contribution in [0.4, 0.5) is 15.8 Å². The van der Waals surface area contributed by atoms with E-state index < -0.39 is 41.0 Å². The van der Waals surface area contributed by atoms with Crippen LogP contribution in [0.2, 0.25) is 10.0 Å². The maximum Gasteiger partial charge on any atom is 0.252 e. The molecule has 0 saturated carbocycles. The Bertz CT molecular complexity index is 1610. The van der Waals surface area contributed by atoms with Crippen molar-refractivity contribution in [3.63, 3.8) is 0 Å². The van der Waals surface area contributed by atoms with Crippen molar-refractivity contribution in [3.8, 4) is 5.75 Å². The number of carbonyl (C=O) groups is 3. The number of nitrogens with two attached hydrogens (primary N) is 1. The molecule has 8 nitrogen and oxygen atoms in total. The zero-order valence-corrected chi connectivity index (χ0v) is 25.0. The first kappa shape index (κ1) is 29.8. The van der Waals surface area contributed by atoms with Gasteiger partial charge in [0.2, 0.25) is 11.8 Å². The molecule has 1 saturated heterocycles. The van der Waals surface area contributed by atoms with Gasteiger partial charge in [-0.25, -0.2) is 4.39 Å². The van der Waals surface area contributed by atoms with Crippen LogP contribution in [-0.4, -0.2) is 36.9 Å². The molecule has 2 aliphatic heterocycles. The number of anilines is 2. The molecule has 0 radical (unpaired) electrons.